The molecule has 1 unspecified atom stereocenters. The van der Waals surface area contributed by atoms with Crippen LogP contribution in [0.1, 0.15) is 46.5 Å². The first-order chi connectivity index (χ1) is 14.5. The molecule has 0 bridgehead atoms. The Bertz CT molecular complexity index is 885. The molecule has 2 aliphatic heterocycles. The van der Waals surface area contributed by atoms with Crippen LogP contribution in [-0.2, 0) is 6.54 Å². The molecule has 0 N–H and O–H groups in total. The van der Waals surface area contributed by atoms with Crippen molar-refractivity contribution in [2.75, 3.05) is 45.2 Å². The molecule has 4 rings (SSSR count). The Kier molecular flexibility index (Phi) is 6.01. The number of hydrogen-bond donors (Lipinski definition) is 0. The minimum atomic E-state index is -0.0274. The number of nitrogens with zero attached hydrogens (tertiary/aromatic N) is 6. The topological polar surface area (TPSA) is 74.6 Å². The van der Waals surface area contributed by atoms with Crippen molar-refractivity contribution in [2.45, 2.75) is 32.2 Å². The van der Waals surface area contributed by atoms with Gasteiger partial charge in [-0.05, 0) is 55.9 Å². The van der Waals surface area contributed by atoms with E-state index in [1.165, 1.54) is 0 Å². The smallest absolute Gasteiger partial charge is 0.276 e. The summed E-state index contributed by atoms with van der Waals surface area (Å²) in [6.07, 6.45) is 5.88. The molecule has 2 aromatic rings. The quantitative estimate of drug-likeness (QED) is 0.755. The summed E-state index contributed by atoms with van der Waals surface area (Å²) >= 11 is 0. The summed E-state index contributed by atoms with van der Waals surface area (Å²) in [5.41, 5.74) is 2.22. The minimum Gasteiger partial charge on any atom is -0.378 e. The maximum atomic E-state index is 12.9. The maximum absolute atomic E-state index is 12.9. The van der Waals surface area contributed by atoms with E-state index in [1.807, 2.05) is 53.1 Å². The van der Waals surface area contributed by atoms with Crippen molar-refractivity contribution >= 4 is 17.5 Å². The van der Waals surface area contributed by atoms with Crippen molar-refractivity contribution in [2.24, 2.45) is 5.92 Å². The Hall–Kier alpha value is -2.90. The number of aromatic nitrogens is 3. The number of likely N-dealkylation sites (tertiary alicyclic amines) is 2. The van der Waals surface area contributed by atoms with Crippen molar-refractivity contribution < 1.29 is 9.59 Å². The zero-order valence-corrected chi connectivity index (χ0v) is 17.8. The number of carbonyl (C=O) groups is 2. The Morgan fingerprint density at radius 3 is 2.40 bits per heavy atom. The molecule has 2 amide bonds. The highest BCUT2D eigenvalue weighted by Gasteiger charge is 2.26. The fourth-order valence-corrected chi connectivity index (χ4v) is 4.32. The number of amides is 2. The van der Waals surface area contributed by atoms with E-state index in [-0.39, 0.29) is 11.8 Å². The second kappa shape index (κ2) is 8.85. The van der Waals surface area contributed by atoms with E-state index < -0.39 is 0 Å². The van der Waals surface area contributed by atoms with Gasteiger partial charge < -0.3 is 14.7 Å². The highest BCUT2D eigenvalue weighted by atomic mass is 16.2. The van der Waals surface area contributed by atoms with Crippen molar-refractivity contribution in [3.63, 3.8) is 0 Å². The molecule has 1 atom stereocenters. The molecular formula is C22H30N6O2. The van der Waals surface area contributed by atoms with Crippen LogP contribution in [0, 0.1) is 5.92 Å². The Labute approximate surface area is 177 Å². The van der Waals surface area contributed by atoms with Gasteiger partial charge >= 0.3 is 0 Å². The van der Waals surface area contributed by atoms with Gasteiger partial charge in [0.15, 0.2) is 5.69 Å². The Balaban J connectivity index is 1.36. The molecule has 0 saturated carbocycles. The van der Waals surface area contributed by atoms with Crippen molar-refractivity contribution in [3.8, 4) is 0 Å². The maximum Gasteiger partial charge on any atom is 0.276 e. The van der Waals surface area contributed by atoms with Gasteiger partial charge in [0.05, 0.1) is 6.20 Å². The lowest BCUT2D eigenvalue weighted by atomic mass is 9.97. The molecule has 3 heterocycles. The van der Waals surface area contributed by atoms with Gasteiger partial charge in [0.1, 0.15) is 0 Å². The van der Waals surface area contributed by atoms with Gasteiger partial charge in [0.25, 0.3) is 11.8 Å². The van der Waals surface area contributed by atoms with Crippen molar-refractivity contribution in [1.82, 2.24) is 24.8 Å². The van der Waals surface area contributed by atoms with Crippen LogP contribution >= 0.6 is 0 Å². The van der Waals surface area contributed by atoms with E-state index >= 15 is 0 Å². The molecule has 0 radical (unpaired) electrons. The van der Waals surface area contributed by atoms with Crippen LogP contribution in [0.15, 0.2) is 30.5 Å². The van der Waals surface area contributed by atoms with Crippen LogP contribution in [0.4, 0.5) is 5.69 Å². The largest absolute Gasteiger partial charge is 0.378 e. The number of rotatable bonds is 5. The average molecular weight is 411 g/mol. The molecule has 8 nitrogen and oxygen atoms in total. The predicted molar refractivity (Wildman–Crippen MR) is 115 cm³/mol. The predicted octanol–water partition coefficient (Wildman–Crippen LogP) is 2.13. The van der Waals surface area contributed by atoms with Gasteiger partial charge in [-0.1, -0.05) is 5.21 Å². The Morgan fingerprint density at radius 1 is 1.00 bits per heavy atom. The molecular weight excluding hydrogens is 380 g/mol. The minimum absolute atomic E-state index is 0.0274. The second-order valence-corrected chi connectivity index (χ2v) is 8.53. The molecule has 0 spiro atoms. The lowest BCUT2D eigenvalue weighted by Crippen LogP contribution is -2.41. The highest BCUT2D eigenvalue weighted by molar-refractivity contribution is 5.94. The van der Waals surface area contributed by atoms with E-state index in [0.29, 0.717) is 24.7 Å². The van der Waals surface area contributed by atoms with E-state index in [4.69, 9.17) is 0 Å². The van der Waals surface area contributed by atoms with Crippen LogP contribution in [0.2, 0.25) is 0 Å². The van der Waals surface area contributed by atoms with Crippen LogP contribution in [0.5, 0.6) is 0 Å². The first-order valence-corrected chi connectivity index (χ1v) is 10.8. The SMILES string of the molecule is CN(C)c1ccc(C(=O)N2CCCC(Cn3cc(C(=O)N4CCCC4)nn3)C2)cc1. The van der Waals surface area contributed by atoms with Gasteiger partial charge in [-0.25, -0.2) is 0 Å². The zero-order chi connectivity index (χ0) is 21.1. The number of hydrogen-bond acceptors (Lipinski definition) is 5. The lowest BCUT2D eigenvalue weighted by molar-refractivity contribution is 0.0659. The first kappa shape index (κ1) is 20.4. The summed E-state index contributed by atoms with van der Waals surface area (Å²) in [4.78, 5) is 31.2. The lowest BCUT2D eigenvalue weighted by Gasteiger charge is -2.32. The fourth-order valence-electron chi connectivity index (χ4n) is 4.32. The van der Waals surface area contributed by atoms with Crippen LogP contribution in [-0.4, -0.2) is 76.9 Å². The van der Waals surface area contributed by atoms with Gasteiger partial charge in [0, 0.05) is 58.1 Å². The number of piperidine rings is 1. The first-order valence-electron chi connectivity index (χ1n) is 10.8. The number of anilines is 1. The molecule has 2 fully saturated rings. The number of carbonyl (C=O) groups excluding carboxylic acids is 2. The zero-order valence-electron chi connectivity index (χ0n) is 17.8. The standard InChI is InChI=1S/C22H30N6O2/c1-25(2)19-9-7-18(8-10-19)21(29)27-13-5-6-17(14-27)15-28-16-20(23-24-28)22(30)26-11-3-4-12-26/h7-10,16-17H,3-6,11-15H2,1-2H3. The Morgan fingerprint density at radius 2 is 1.70 bits per heavy atom. The third-order valence-electron chi connectivity index (χ3n) is 6.03. The molecule has 30 heavy (non-hydrogen) atoms. The summed E-state index contributed by atoms with van der Waals surface area (Å²) in [7, 11) is 3.97. The van der Waals surface area contributed by atoms with E-state index in [2.05, 4.69) is 10.3 Å². The fraction of sp³-hybridized carbons (Fsp3) is 0.545. The third-order valence-corrected chi connectivity index (χ3v) is 6.03. The molecule has 160 valence electrons. The van der Waals surface area contributed by atoms with Crippen molar-refractivity contribution in [3.05, 3.63) is 41.7 Å². The number of benzene rings is 1. The van der Waals surface area contributed by atoms with E-state index in [1.54, 1.807) is 10.9 Å². The van der Waals surface area contributed by atoms with E-state index in [9.17, 15) is 9.59 Å². The van der Waals surface area contributed by atoms with Crippen LogP contribution in [0.3, 0.4) is 0 Å². The normalized spacial score (nSPS) is 19.2. The van der Waals surface area contributed by atoms with Gasteiger partial charge in [-0.15, -0.1) is 5.10 Å². The van der Waals surface area contributed by atoms with Gasteiger partial charge in [0.2, 0.25) is 0 Å². The highest BCUT2D eigenvalue weighted by Crippen LogP contribution is 2.21. The van der Waals surface area contributed by atoms with Gasteiger partial charge in [-0.2, -0.15) is 0 Å². The summed E-state index contributed by atoms with van der Waals surface area (Å²) in [6, 6.07) is 7.75. The van der Waals surface area contributed by atoms with E-state index in [0.717, 1.165) is 56.6 Å². The summed E-state index contributed by atoms with van der Waals surface area (Å²) in [5.74, 6) is 0.356. The molecule has 2 aliphatic rings. The summed E-state index contributed by atoms with van der Waals surface area (Å²) in [5, 5.41) is 8.26. The molecule has 0 aliphatic carbocycles. The van der Waals surface area contributed by atoms with Crippen LogP contribution < -0.4 is 4.90 Å². The molecule has 2 saturated heterocycles. The summed E-state index contributed by atoms with van der Waals surface area (Å²) in [6.45, 7) is 3.76. The molecule has 8 heteroatoms. The molecule has 1 aromatic carbocycles. The monoisotopic (exact) mass is 410 g/mol. The average Bonchev–Trinajstić information content (AvgIpc) is 3.45. The van der Waals surface area contributed by atoms with Crippen LogP contribution in [0.25, 0.3) is 0 Å². The van der Waals surface area contributed by atoms with Crippen molar-refractivity contribution in [1.29, 1.82) is 0 Å². The van der Waals surface area contributed by atoms with Gasteiger partial charge in [-0.3, -0.25) is 14.3 Å². The summed E-state index contributed by atoms with van der Waals surface area (Å²) < 4.78 is 1.76. The molecule has 1 aromatic heterocycles. The second-order valence-electron chi connectivity index (χ2n) is 8.53. The third kappa shape index (κ3) is 4.47.